The number of carbonyl (C=O) groups is 5. The quantitative estimate of drug-likeness (QED) is 0.200. The van der Waals surface area contributed by atoms with Crippen LogP contribution in [0.4, 0.5) is 13.2 Å². The van der Waals surface area contributed by atoms with Crippen molar-refractivity contribution in [3.8, 4) is 0 Å². The van der Waals surface area contributed by atoms with Crippen molar-refractivity contribution in [2.75, 3.05) is 13.1 Å². The molecule has 0 aliphatic carbocycles. The molecule has 1 aromatic heterocycles. The van der Waals surface area contributed by atoms with E-state index in [0.29, 0.717) is 23.4 Å². The monoisotopic (exact) mass is 698 g/mol. The van der Waals surface area contributed by atoms with E-state index >= 15 is 0 Å². The van der Waals surface area contributed by atoms with Gasteiger partial charge in [0.1, 0.15) is 17.8 Å². The zero-order valence-corrected chi connectivity index (χ0v) is 27.1. The number of carbonyl (C=O) groups excluding carboxylic acids is 5. The normalized spacial score (nSPS) is 21.0. The standard InChI is InChI=1S/C30H38F3N6O8P/c1-15(2)20(7-4-16(3)34)36-26(41)24-9-6-19-10-11-38(29(44)30(31,32)33)14-23(27(42)39(19)24)37-25(40)22-13-18-12-17(5-8-21(18)35-22)28(43)48(45,46)47/h5,8,12-13,15,19-20,23-24,35H,3-4,6-7,9-11,14,34H2,1-2H3,(H,36,41)(H,37,40)(H2,45,46,47)/t19-,20+,23+,24+/m1/s1. The number of aromatic amines is 1. The molecule has 2 aliphatic heterocycles. The molecular formula is C30H38F3N6O8P. The van der Waals surface area contributed by atoms with Crippen LogP contribution in [0.3, 0.4) is 0 Å². The van der Waals surface area contributed by atoms with Crippen molar-refractivity contribution in [1.29, 1.82) is 0 Å². The van der Waals surface area contributed by atoms with Crippen LogP contribution in [-0.4, -0.2) is 97.2 Å². The van der Waals surface area contributed by atoms with E-state index in [1.807, 2.05) is 13.8 Å². The summed E-state index contributed by atoms with van der Waals surface area (Å²) >= 11 is 0. The minimum absolute atomic E-state index is 0.00445. The first-order valence-corrected chi connectivity index (χ1v) is 16.8. The van der Waals surface area contributed by atoms with E-state index in [0.717, 1.165) is 12.1 Å². The summed E-state index contributed by atoms with van der Waals surface area (Å²) in [6, 6.07) is 1.14. The smallest absolute Gasteiger partial charge is 0.403 e. The Balaban J connectivity index is 1.62. The highest BCUT2D eigenvalue weighted by Gasteiger charge is 2.49. The highest BCUT2D eigenvalue weighted by molar-refractivity contribution is 7.70. The number of nitrogens with two attached hydrogens (primary N) is 1. The van der Waals surface area contributed by atoms with E-state index in [4.69, 9.17) is 5.73 Å². The SMILES string of the molecule is C=C(N)CC[C@H](NC(=O)[C@@H]1CC[C@@H]2CCN(C(=O)C(F)(F)F)C[C@H](NC(=O)c3cc4cc(C(=O)P(=O)(O)O)ccc4[nH]3)C(=O)N21)C(C)C. The van der Waals surface area contributed by atoms with Gasteiger partial charge in [-0.05, 0) is 62.3 Å². The Kier molecular flexibility index (Phi) is 10.8. The van der Waals surface area contributed by atoms with Gasteiger partial charge in [-0.15, -0.1) is 0 Å². The molecule has 2 aliphatic rings. The Hall–Kier alpha value is -4.21. The summed E-state index contributed by atoms with van der Waals surface area (Å²) in [5, 5.41) is 5.57. The van der Waals surface area contributed by atoms with Crippen LogP contribution < -0.4 is 16.4 Å². The number of allylic oxidation sites excluding steroid dienone is 1. The first-order valence-electron chi connectivity index (χ1n) is 15.2. The third-order valence-electron chi connectivity index (χ3n) is 8.61. The van der Waals surface area contributed by atoms with Gasteiger partial charge >= 0.3 is 19.7 Å². The number of alkyl halides is 3. The number of aromatic nitrogens is 1. The predicted octanol–water partition coefficient (Wildman–Crippen LogP) is 2.13. The van der Waals surface area contributed by atoms with Gasteiger partial charge in [-0.25, -0.2) is 0 Å². The fourth-order valence-corrected chi connectivity index (χ4v) is 6.56. The number of rotatable bonds is 10. The maximum absolute atomic E-state index is 14.1. The van der Waals surface area contributed by atoms with Gasteiger partial charge in [0.15, 0.2) is 0 Å². The lowest BCUT2D eigenvalue weighted by atomic mass is 9.98. The minimum Gasteiger partial charge on any atom is -0.403 e. The zero-order valence-electron chi connectivity index (χ0n) is 26.2. The van der Waals surface area contributed by atoms with Gasteiger partial charge < -0.3 is 40.9 Å². The lowest BCUT2D eigenvalue weighted by molar-refractivity contribution is -0.186. The Morgan fingerprint density at radius 3 is 2.44 bits per heavy atom. The third kappa shape index (κ3) is 8.25. The lowest BCUT2D eigenvalue weighted by Crippen LogP contribution is -2.62. The molecule has 0 bridgehead atoms. The molecule has 14 nitrogen and oxygen atoms in total. The second-order valence-corrected chi connectivity index (χ2v) is 13.9. The van der Waals surface area contributed by atoms with E-state index < -0.39 is 67.6 Å². The Bertz CT molecular complexity index is 1670. The second-order valence-electron chi connectivity index (χ2n) is 12.4. The summed E-state index contributed by atoms with van der Waals surface area (Å²) in [5.74, 6) is -4.43. The van der Waals surface area contributed by atoms with Gasteiger partial charge in [0, 0.05) is 40.8 Å². The number of hydrogen-bond acceptors (Lipinski definition) is 7. The molecule has 18 heteroatoms. The molecule has 1 aromatic carbocycles. The van der Waals surface area contributed by atoms with Gasteiger partial charge in [-0.1, -0.05) is 20.4 Å². The molecule has 4 rings (SSSR count). The van der Waals surface area contributed by atoms with Gasteiger partial charge in [-0.2, -0.15) is 13.2 Å². The maximum atomic E-state index is 14.1. The van der Waals surface area contributed by atoms with E-state index in [1.54, 1.807) is 0 Å². The summed E-state index contributed by atoms with van der Waals surface area (Å²) in [7, 11) is -5.10. The number of halogens is 3. The molecule has 0 spiro atoms. The van der Waals surface area contributed by atoms with Gasteiger partial charge in [0.25, 0.3) is 11.4 Å². The number of fused-ring (bicyclic) bond motifs is 2. The lowest BCUT2D eigenvalue weighted by Gasteiger charge is -2.39. The number of H-pyrrole nitrogens is 1. The largest absolute Gasteiger partial charge is 0.471 e. The Morgan fingerprint density at radius 1 is 1.15 bits per heavy atom. The van der Waals surface area contributed by atoms with Crippen LogP contribution >= 0.6 is 7.60 Å². The van der Waals surface area contributed by atoms with Gasteiger partial charge in [0.05, 0.1) is 6.54 Å². The van der Waals surface area contributed by atoms with E-state index in [2.05, 4.69) is 22.2 Å². The van der Waals surface area contributed by atoms with Crippen LogP contribution in [-0.2, 0) is 18.9 Å². The van der Waals surface area contributed by atoms with Crippen LogP contribution in [0.1, 0.15) is 66.8 Å². The first kappa shape index (κ1) is 36.6. The fourth-order valence-electron chi connectivity index (χ4n) is 6.09. The van der Waals surface area contributed by atoms with Crippen molar-refractivity contribution in [2.45, 2.75) is 76.3 Å². The molecule has 4 amide bonds. The molecule has 262 valence electrons. The van der Waals surface area contributed by atoms with Crippen molar-refractivity contribution in [1.82, 2.24) is 25.4 Å². The molecule has 0 saturated carbocycles. The average Bonchev–Trinajstić information content (AvgIpc) is 3.61. The molecule has 48 heavy (non-hydrogen) atoms. The van der Waals surface area contributed by atoms with E-state index in [-0.39, 0.29) is 59.9 Å². The predicted molar refractivity (Wildman–Crippen MR) is 166 cm³/mol. The van der Waals surface area contributed by atoms with Crippen molar-refractivity contribution < 1.29 is 51.5 Å². The highest BCUT2D eigenvalue weighted by Crippen LogP contribution is 2.39. The maximum Gasteiger partial charge on any atom is 0.471 e. The Labute approximate surface area is 273 Å². The third-order valence-corrected chi connectivity index (χ3v) is 9.40. The topological polar surface area (TPSA) is 215 Å². The molecular weight excluding hydrogens is 660 g/mol. The van der Waals surface area contributed by atoms with E-state index in [9.17, 15) is 51.5 Å². The van der Waals surface area contributed by atoms with Crippen LogP contribution in [0.25, 0.3) is 10.9 Å². The summed E-state index contributed by atoms with van der Waals surface area (Å²) in [6.07, 6.45) is -3.82. The van der Waals surface area contributed by atoms with Crippen molar-refractivity contribution in [3.05, 3.63) is 47.8 Å². The summed E-state index contributed by atoms with van der Waals surface area (Å²) < 4.78 is 52.0. The van der Waals surface area contributed by atoms with E-state index in [1.165, 1.54) is 17.0 Å². The van der Waals surface area contributed by atoms with Gasteiger partial charge in [0.2, 0.25) is 11.8 Å². The summed E-state index contributed by atoms with van der Waals surface area (Å²) in [5.41, 5.74) is 4.47. The number of amides is 4. The van der Waals surface area contributed by atoms with Crippen molar-refractivity contribution >= 4 is 47.7 Å². The van der Waals surface area contributed by atoms with Crippen LogP contribution in [0.5, 0.6) is 0 Å². The Morgan fingerprint density at radius 2 is 1.83 bits per heavy atom. The van der Waals surface area contributed by atoms with Crippen molar-refractivity contribution in [3.63, 3.8) is 0 Å². The minimum atomic E-state index is -5.24. The highest BCUT2D eigenvalue weighted by atomic mass is 31.2. The molecule has 0 radical (unpaired) electrons. The molecule has 0 unspecified atom stereocenters. The van der Waals surface area contributed by atoms with Crippen molar-refractivity contribution in [2.24, 2.45) is 11.7 Å². The molecule has 4 atom stereocenters. The number of hydrogen-bond donors (Lipinski definition) is 6. The second kappa shape index (κ2) is 14.1. The van der Waals surface area contributed by atoms with Crippen LogP contribution in [0.2, 0.25) is 0 Å². The van der Waals surface area contributed by atoms with Crippen LogP contribution in [0, 0.1) is 5.92 Å². The van der Waals surface area contributed by atoms with Crippen LogP contribution in [0.15, 0.2) is 36.5 Å². The summed E-state index contributed by atoms with van der Waals surface area (Å²) in [6.45, 7) is 6.28. The van der Waals surface area contributed by atoms with Gasteiger partial charge in [-0.3, -0.25) is 28.5 Å². The molecule has 2 aromatic rings. The molecule has 7 N–H and O–H groups in total. The molecule has 3 heterocycles. The fraction of sp³-hybridized carbons (Fsp3) is 0.500. The first-order chi connectivity index (χ1) is 22.3. The number of benzene rings is 1. The zero-order chi connectivity index (χ0) is 35.7. The summed E-state index contributed by atoms with van der Waals surface area (Å²) in [4.78, 5) is 88.3. The molecule has 2 saturated heterocycles. The number of nitrogens with zero attached hydrogens (tertiary/aromatic N) is 2. The average molecular weight is 699 g/mol. The number of nitrogens with one attached hydrogen (secondary N) is 3. The molecule has 2 fully saturated rings.